The maximum atomic E-state index is 4.33. The third-order valence-corrected chi connectivity index (χ3v) is 2.89. The molecule has 1 aromatic heterocycles. The second kappa shape index (κ2) is 5.21. The molecule has 0 bridgehead atoms. The van der Waals surface area contributed by atoms with Crippen molar-refractivity contribution in [1.82, 2.24) is 15.3 Å². The lowest BCUT2D eigenvalue weighted by molar-refractivity contribution is 0.456. The molecule has 1 fully saturated rings. The maximum absolute atomic E-state index is 4.33. The van der Waals surface area contributed by atoms with E-state index in [2.05, 4.69) is 22.2 Å². The molecule has 0 aromatic carbocycles. The molecule has 1 atom stereocenters. The van der Waals surface area contributed by atoms with Gasteiger partial charge in [-0.05, 0) is 31.7 Å². The lowest BCUT2D eigenvalue weighted by Gasteiger charge is -2.17. The molecule has 1 saturated carbocycles. The second-order valence-corrected chi connectivity index (χ2v) is 4.30. The van der Waals surface area contributed by atoms with Crippen LogP contribution < -0.4 is 5.32 Å². The van der Waals surface area contributed by atoms with E-state index in [1.54, 1.807) is 12.4 Å². The van der Waals surface area contributed by atoms with Crippen LogP contribution in [0, 0.1) is 5.92 Å². The van der Waals surface area contributed by atoms with E-state index < -0.39 is 0 Å². The quantitative estimate of drug-likeness (QED) is 0.769. The zero-order chi connectivity index (χ0) is 10.5. The highest BCUT2D eigenvalue weighted by Crippen LogP contribution is 2.33. The summed E-state index contributed by atoms with van der Waals surface area (Å²) in [6, 6.07) is 0.613. The smallest absolute Gasteiger partial charge is 0.0602 e. The number of rotatable bonds is 6. The van der Waals surface area contributed by atoms with Crippen molar-refractivity contribution in [2.75, 3.05) is 6.54 Å². The molecule has 3 nitrogen and oxygen atoms in total. The highest BCUT2D eigenvalue weighted by atomic mass is 14.9. The third-order valence-electron chi connectivity index (χ3n) is 2.89. The van der Waals surface area contributed by atoms with Gasteiger partial charge in [0.15, 0.2) is 0 Å². The molecule has 2 rings (SSSR count). The summed E-state index contributed by atoms with van der Waals surface area (Å²) in [5.74, 6) is 0.874. The third kappa shape index (κ3) is 3.27. The predicted octanol–water partition coefficient (Wildman–Crippen LogP) is 1.80. The number of nitrogens with one attached hydrogen (secondary N) is 1. The number of nitrogens with zero attached hydrogens (tertiary/aromatic N) is 2. The van der Waals surface area contributed by atoms with Crippen LogP contribution in [0.3, 0.4) is 0 Å². The largest absolute Gasteiger partial charge is 0.313 e. The number of aromatic nitrogens is 2. The average Bonchev–Trinajstić information content (AvgIpc) is 3.09. The van der Waals surface area contributed by atoms with Crippen LogP contribution in [0.2, 0.25) is 0 Å². The van der Waals surface area contributed by atoms with Crippen LogP contribution in [0.25, 0.3) is 0 Å². The van der Waals surface area contributed by atoms with Crippen LogP contribution in [-0.4, -0.2) is 22.6 Å². The van der Waals surface area contributed by atoms with E-state index in [9.17, 15) is 0 Å². The van der Waals surface area contributed by atoms with Crippen LogP contribution in [0.5, 0.6) is 0 Å². The summed E-state index contributed by atoms with van der Waals surface area (Å²) >= 11 is 0. The molecule has 0 aliphatic heterocycles. The summed E-state index contributed by atoms with van der Waals surface area (Å²) in [6.45, 7) is 3.32. The maximum Gasteiger partial charge on any atom is 0.0602 e. The summed E-state index contributed by atoms with van der Waals surface area (Å²) in [5, 5.41) is 3.61. The van der Waals surface area contributed by atoms with Gasteiger partial charge < -0.3 is 5.32 Å². The molecule has 15 heavy (non-hydrogen) atoms. The summed E-state index contributed by atoms with van der Waals surface area (Å²) in [6.07, 6.45) is 10.4. The van der Waals surface area contributed by atoms with E-state index in [0.717, 1.165) is 24.6 Å². The van der Waals surface area contributed by atoms with Crippen molar-refractivity contribution in [1.29, 1.82) is 0 Å². The molecular formula is C12H19N3. The van der Waals surface area contributed by atoms with Crippen LogP contribution in [-0.2, 0) is 6.42 Å². The molecule has 0 spiro atoms. The fraction of sp³-hybridized carbons (Fsp3) is 0.667. The first-order chi connectivity index (χ1) is 7.40. The van der Waals surface area contributed by atoms with Crippen molar-refractivity contribution >= 4 is 0 Å². The minimum Gasteiger partial charge on any atom is -0.313 e. The van der Waals surface area contributed by atoms with E-state index in [-0.39, 0.29) is 0 Å². The number of hydrogen-bond donors (Lipinski definition) is 1. The minimum atomic E-state index is 0.613. The van der Waals surface area contributed by atoms with E-state index in [0.29, 0.717) is 6.04 Å². The van der Waals surface area contributed by atoms with Crippen molar-refractivity contribution in [2.45, 2.75) is 38.6 Å². The van der Waals surface area contributed by atoms with Gasteiger partial charge in [0, 0.05) is 31.1 Å². The Morgan fingerprint density at radius 3 is 2.93 bits per heavy atom. The van der Waals surface area contributed by atoms with Crippen molar-refractivity contribution in [3.63, 3.8) is 0 Å². The van der Waals surface area contributed by atoms with Crippen LogP contribution in [0.1, 0.15) is 31.9 Å². The van der Waals surface area contributed by atoms with Crippen molar-refractivity contribution < 1.29 is 0 Å². The molecule has 0 amide bonds. The zero-order valence-corrected chi connectivity index (χ0v) is 9.32. The lowest BCUT2D eigenvalue weighted by atomic mass is 10.1. The number of hydrogen-bond acceptors (Lipinski definition) is 3. The second-order valence-electron chi connectivity index (χ2n) is 4.30. The highest BCUT2D eigenvalue weighted by Gasteiger charge is 2.30. The Morgan fingerprint density at radius 2 is 2.33 bits per heavy atom. The molecule has 1 N–H and O–H groups in total. The molecule has 0 radical (unpaired) electrons. The van der Waals surface area contributed by atoms with E-state index in [4.69, 9.17) is 0 Å². The van der Waals surface area contributed by atoms with E-state index in [1.807, 2.05) is 6.20 Å². The standard InChI is InChI=1S/C12H19N3/c1-2-5-15-12(10-3-4-10)8-11-9-13-6-7-14-11/h6-7,9-10,12,15H,2-5,8H2,1H3. The SMILES string of the molecule is CCCNC(Cc1cnccn1)C1CC1. The monoisotopic (exact) mass is 205 g/mol. The first-order valence-electron chi connectivity index (χ1n) is 5.88. The van der Waals surface area contributed by atoms with Gasteiger partial charge in [-0.2, -0.15) is 0 Å². The van der Waals surface area contributed by atoms with Gasteiger partial charge >= 0.3 is 0 Å². The highest BCUT2D eigenvalue weighted by molar-refractivity contribution is 5.01. The van der Waals surface area contributed by atoms with Crippen LogP contribution in [0.15, 0.2) is 18.6 Å². The van der Waals surface area contributed by atoms with Gasteiger partial charge in [0.2, 0.25) is 0 Å². The molecule has 3 heteroatoms. The Bertz CT molecular complexity index is 282. The van der Waals surface area contributed by atoms with Gasteiger partial charge in [-0.15, -0.1) is 0 Å². The molecule has 1 aliphatic rings. The Kier molecular flexibility index (Phi) is 3.67. The Labute approximate surface area is 91.3 Å². The minimum absolute atomic E-state index is 0.613. The Morgan fingerprint density at radius 1 is 1.47 bits per heavy atom. The van der Waals surface area contributed by atoms with Crippen LogP contribution >= 0.6 is 0 Å². The lowest BCUT2D eigenvalue weighted by Crippen LogP contribution is -2.34. The molecule has 1 unspecified atom stereocenters. The molecule has 1 aromatic rings. The predicted molar refractivity (Wildman–Crippen MR) is 60.5 cm³/mol. The summed E-state index contributed by atoms with van der Waals surface area (Å²) < 4.78 is 0. The van der Waals surface area contributed by atoms with Gasteiger partial charge in [0.25, 0.3) is 0 Å². The van der Waals surface area contributed by atoms with Gasteiger partial charge in [-0.1, -0.05) is 6.92 Å². The van der Waals surface area contributed by atoms with Gasteiger partial charge in [0.05, 0.1) is 5.69 Å². The first-order valence-corrected chi connectivity index (χ1v) is 5.88. The average molecular weight is 205 g/mol. The van der Waals surface area contributed by atoms with Gasteiger partial charge in [-0.3, -0.25) is 9.97 Å². The molecular weight excluding hydrogens is 186 g/mol. The zero-order valence-electron chi connectivity index (χ0n) is 9.32. The molecule has 1 aliphatic carbocycles. The van der Waals surface area contributed by atoms with Crippen molar-refractivity contribution in [3.8, 4) is 0 Å². The normalized spacial score (nSPS) is 17.7. The summed E-state index contributed by atoms with van der Waals surface area (Å²) in [5.41, 5.74) is 1.11. The summed E-state index contributed by atoms with van der Waals surface area (Å²) in [4.78, 5) is 8.44. The van der Waals surface area contributed by atoms with Crippen molar-refractivity contribution in [2.24, 2.45) is 5.92 Å². The topological polar surface area (TPSA) is 37.8 Å². The molecule has 0 saturated heterocycles. The van der Waals surface area contributed by atoms with E-state index in [1.165, 1.54) is 19.3 Å². The fourth-order valence-corrected chi connectivity index (χ4v) is 1.89. The van der Waals surface area contributed by atoms with Crippen molar-refractivity contribution in [3.05, 3.63) is 24.3 Å². The Balaban J connectivity index is 1.88. The molecule has 1 heterocycles. The van der Waals surface area contributed by atoms with Gasteiger partial charge in [0.1, 0.15) is 0 Å². The first kappa shape index (κ1) is 10.6. The van der Waals surface area contributed by atoms with E-state index >= 15 is 0 Å². The fourth-order valence-electron chi connectivity index (χ4n) is 1.89. The Hall–Kier alpha value is -0.960. The summed E-state index contributed by atoms with van der Waals surface area (Å²) in [7, 11) is 0. The van der Waals surface area contributed by atoms with Crippen LogP contribution in [0.4, 0.5) is 0 Å². The van der Waals surface area contributed by atoms with Gasteiger partial charge in [-0.25, -0.2) is 0 Å². The molecule has 82 valence electrons.